The van der Waals surface area contributed by atoms with Crippen LogP contribution in [-0.4, -0.2) is 26.9 Å². The fourth-order valence-corrected chi connectivity index (χ4v) is 1.86. The van der Waals surface area contributed by atoms with Crippen LogP contribution in [0.1, 0.15) is 18.5 Å². The highest BCUT2D eigenvalue weighted by Gasteiger charge is 2.30. The second-order valence-electron chi connectivity index (χ2n) is 4.15. The molecule has 0 aliphatic carbocycles. The van der Waals surface area contributed by atoms with Gasteiger partial charge in [-0.1, -0.05) is 6.07 Å². The van der Waals surface area contributed by atoms with Crippen molar-refractivity contribution < 1.29 is 17.9 Å². The zero-order chi connectivity index (χ0) is 13.9. The number of benzene rings is 1. The highest BCUT2D eigenvalue weighted by molar-refractivity contribution is 5.60. The van der Waals surface area contributed by atoms with Crippen molar-refractivity contribution in [1.82, 2.24) is 0 Å². The van der Waals surface area contributed by atoms with E-state index in [2.05, 4.69) is 0 Å². The number of nitrogens with zero attached hydrogens (tertiary/aromatic N) is 1. The smallest absolute Gasteiger partial charge is 0.405 e. The molecule has 0 bridgehead atoms. The molecule has 0 heterocycles. The number of hydrogen-bond donors (Lipinski definition) is 1. The number of rotatable bonds is 4. The van der Waals surface area contributed by atoms with Gasteiger partial charge >= 0.3 is 6.18 Å². The maximum Gasteiger partial charge on any atom is 0.405 e. The molecular formula is C12H17F3N2O. The van der Waals surface area contributed by atoms with Gasteiger partial charge in [0, 0.05) is 24.3 Å². The van der Waals surface area contributed by atoms with E-state index >= 15 is 0 Å². The molecule has 1 atom stereocenters. The minimum absolute atomic E-state index is 0.410. The summed E-state index contributed by atoms with van der Waals surface area (Å²) in [6.07, 6.45) is -4.26. The molecule has 0 radical (unpaired) electrons. The van der Waals surface area contributed by atoms with Gasteiger partial charge in [0.2, 0.25) is 0 Å². The summed E-state index contributed by atoms with van der Waals surface area (Å²) < 4.78 is 42.3. The van der Waals surface area contributed by atoms with Crippen molar-refractivity contribution in [1.29, 1.82) is 0 Å². The molecule has 0 fully saturated rings. The van der Waals surface area contributed by atoms with Crippen molar-refractivity contribution in [2.75, 3.05) is 25.6 Å². The molecule has 1 aromatic carbocycles. The molecule has 1 rings (SSSR count). The van der Waals surface area contributed by atoms with Crippen LogP contribution in [0.3, 0.4) is 0 Å². The first kappa shape index (κ1) is 14.6. The van der Waals surface area contributed by atoms with Crippen molar-refractivity contribution in [3.63, 3.8) is 0 Å². The third-order valence-electron chi connectivity index (χ3n) is 2.55. The lowest BCUT2D eigenvalue weighted by Gasteiger charge is -2.26. The molecule has 102 valence electrons. The van der Waals surface area contributed by atoms with Crippen LogP contribution in [0, 0.1) is 0 Å². The summed E-state index contributed by atoms with van der Waals surface area (Å²) >= 11 is 0. The monoisotopic (exact) mass is 262 g/mol. The van der Waals surface area contributed by atoms with Crippen LogP contribution in [0.25, 0.3) is 0 Å². The maximum atomic E-state index is 12.4. The molecule has 1 aromatic rings. The van der Waals surface area contributed by atoms with Gasteiger partial charge < -0.3 is 15.4 Å². The van der Waals surface area contributed by atoms with Crippen molar-refractivity contribution in [2.45, 2.75) is 19.1 Å². The van der Waals surface area contributed by atoms with Gasteiger partial charge in [-0.3, -0.25) is 0 Å². The van der Waals surface area contributed by atoms with E-state index in [-0.39, 0.29) is 0 Å². The Kier molecular flexibility index (Phi) is 4.45. The molecule has 1 unspecified atom stereocenters. The van der Waals surface area contributed by atoms with Crippen molar-refractivity contribution in [2.24, 2.45) is 5.73 Å². The van der Waals surface area contributed by atoms with E-state index in [1.54, 1.807) is 25.1 Å². The third-order valence-corrected chi connectivity index (χ3v) is 2.55. The van der Waals surface area contributed by atoms with Crippen LogP contribution >= 0.6 is 0 Å². The maximum absolute atomic E-state index is 12.4. The Labute approximate surface area is 104 Å². The molecule has 18 heavy (non-hydrogen) atoms. The molecule has 0 amide bonds. The summed E-state index contributed by atoms with van der Waals surface area (Å²) in [6.45, 7) is 0.683. The molecule has 0 saturated carbocycles. The zero-order valence-corrected chi connectivity index (χ0v) is 10.6. The second-order valence-corrected chi connectivity index (χ2v) is 4.15. The van der Waals surface area contributed by atoms with Crippen LogP contribution in [0.5, 0.6) is 5.75 Å². The second kappa shape index (κ2) is 5.48. The summed E-state index contributed by atoms with van der Waals surface area (Å²) in [5.41, 5.74) is 6.81. The minimum Gasteiger partial charge on any atom is -0.496 e. The van der Waals surface area contributed by atoms with E-state index in [0.29, 0.717) is 17.0 Å². The van der Waals surface area contributed by atoms with Gasteiger partial charge in [0.15, 0.2) is 0 Å². The predicted octanol–water partition coefficient (Wildman–Crippen LogP) is 2.71. The van der Waals surface area contributed by atoms with Gasteiger partial charge in [-0.2, -0.15) is 13.2 Å². The van der Waals surface area contributed by atoms with Crippen LogP contribution in [0.4, 0.5) is 18.9 Å². The summed E-state index contributed by atoms with van der Waals surface area (Å²) in [4.78, 5) is 1.13. The summed E-state index contributed by atoms with van der Waals surface area (Å²) in [6, 6.07) is 4.52. The largest absolute Gasteiger partial charge is 0.496 e. The molecule has 0 aromatic heterocycles. The van der Waals surface area contributed by atoms with Crippen molar-refractivity contribution in [3.05, 3.63) is 23.8 Å². The van der Waals surface area contributed by atoms with Gasteiger partial charge in [-0.25, -0.2) is 0 Å². The normalized spacial score (nSPS) is 13.3. The highest BCUT2D eigenvalue weighted by atomic mass is 19.4. The number of alkyl halides is 3. The van der Waals surface area contributed by atoms with Crippen molar-refractivity contribution in [3.8, 4) is 5.75 Å². The van der Waals surface area contributed by atoms with E-state index in [0.717, 1.165) is 4.90 Å². The molecule has 6 heteroatoms. The molecule has 2 N–H and O–H groups in total. The number of ether oxygens (including phenoxy) is 1. The number of hydrogen-bond acceptors (Lipinski definition) is 3. The number of halogens is 3. The Morgan fingerprint density at radius 2 is 2.00 bits per heavy atom. The Balaban J connectivity index is 3.15. The Morgan fingerprint density at radius 1 is 1.39 bits per heavy atom. The van der Waals surface area contributed by atoms with Crippen LogP contribution in [0.15, 0.2) is 18.2 Å². The molecular weight excluding hydrogens is 245 g/mol. The van der Waals surface area contributed by atoms with Gasteiger partial charge in [0.05, 0.1) is 7.11 Å². The van der Waals surface area contributed by atoms with E-state index in [9.17, 15) is 13.2 Å². The van der Waals surface area contributed by atoms with E-state index in [1.165, 1.54) is 14.2 Å². The van der Waals surface area contributed by atoms with Crippen molar-refractivity contribution >= 4 is 5.69 Å². The number of nitrogens with two attached hydrogens (primary N) is 1. The summed E-state index contributed by atoms with van der Waals surface area (Å²) in [5, 5.41) is 0. The lowest BCUT2D eigenvalue weighted by molar-refractivity contribution is -0.119. The van der Waals surface area contributed by atoms with Crippen LogP contribution in [-0.2, 0) is 0 Å². The van der Waals surface area contributed by atoms with Gasteiger partial charge in [0.1, 0.15) is 12.3 Å². The standard InChI is InChI=1S/C12H17F3N2O/c1-8(16)11-9(5-4-6-10(11)18-3)17(2)7-12(13,14)15/h4-6,8H,7,16H2,1-3H3. The Bertz CT molecular complexity index is 405. The fourth-order valence-electron chi connectivity index (χ4n) is 1.86. The molecule has 0 saturated heterocycles. The molecule has 0 aliphatic heterocycles. The molecule has 3 nitrogen and oxygen atoms in total. The van der Waals surface area contributed by atoms with E-state index < -0.39 is 18.8 Å². The highest BCUT2D eigenvalue weighted by Crippen LogP contribution is 2.34. The first-order valence-electron chi connectivity index (χ1n) is 5.46. The summed E-state index contributed by atoms with van der Waals surface area (Å²) in [5.74, 6) is 0.497. The van der Waals surface area contributed by atoms with Gasteiger partial charge in [0.25, 0.3) is 0 Å². The van der Waals surface area contributed by atoms with E-state index in [1.807, 2.05) is 0 Å². The minimum atomic E-state index is -4.26. The lowest BCUT2D eigenvalue weighted by atomic mass is 10.0. The number of methoxy groups -OCH3 is 1. The quantitative estimate of drug-likeness (QED) is 0.906. The SMILES string of the molecule is COc1cccc(N(C)CC(F)(F)F)c1C(C)N. The zero-order valence-electron chi connectivity index (χ0n) is 10.6. The topological polar surface area (TPSA) is 38.5 Å². The Hall–Kier alpha value is -1.43. The average molecular weight is 262 g/mol. The first-order chi connectivity index (χ1) is 8.26. The lowest BCUT2D eigenvalue weighted by Crippen LogP contribution is -2.32. The first-order valence-corrected chi connectivity index (χ1v) is 5.46. The number of anilines is 1. The molecule has 0 aliphatic rings. The van der Waals surface area contributed by atoms with Crippen LogP contribution in [0.2, 0.25) is 0 Å². The van der Waals surface area contributed by atoms with E-state index in [4.69, 9.17) is 10.5 Å². The Morgan fingerprint density at radius 3 is 2.44 bits per heavy atom. The van der Waals surface area contributed by atoms with Gasteiger partial charge in [-0.15, -0.1) is 0 Å². The predicted molar refractivity (Wildman–Crippen MR) is 64.9 cm³/mol. The molecule has 0 spiro atoms. The average Bonchev–Trinajstić information content (AvgIpc) is 2.25. The summed E-state index contributed by atoms with van der Waals surface area (Å²) in [7, 11) is 2.85. The third kappa shape index (κ3) is 3.53. The van der Waals surface area contributed by atoms with Crippen LogP contribution < -0.4 is 15.4 Å². The van der Waals surface area contributed by atoms with Gasteiger partial charge in [-0.05, 0) is 19.1 Å². The fraction of sp³-hybridized carbons (Fsp3) is 0.500.